The van der Waals surface area contributed by atoms with Crippen molar-refractivity contribution in [3.8, 4) is 0 Å². The van der Waals surface area contributed by atoms with Crippen LogP contribution in [-0.4, -0.2) is 53.2 Å². The molecule has 0 aromatic rings. The summed E-state index contributed by atoms with van der Waals surface area (Å²) in [6, 6.07) is 0. The van der Waals surface area contributed by atoms with Crippen molar-refractivity contribution in [1.82, 2.24) is 0 Å². The molecule has 0 saturated carbocycles. The Balaban J connectivity index is 5.15. The van der Waals surface area contributed by atoms with Gasteiger partial charge < -0.3 is 9.47 Å². The highest BCUT2D eigenvalue weighted by Crippen LogP contribution is 2.47. The Morgan fingerprint density at radius 1 is 0.833 bits per heavy atom. The summed E-state index contributed by atoms with van der Waals surface area (Å²) in [6.07, 6.45) is -14.5. The number of hydrogen-bond donors (Lipinski definition) is 0. The van der Waals surface area contributed by atoms with Crippen LogP contribution in [0.25, 0.3) is 0 Å². The molecule has 0 aliphatic heterocycles. The molecule has 0 spiro atoms. The summed E-state index contributed by atoms with van der Waals surface area (Å²) < 4.78 is 103. The summed E-state index contributed by atoms with van der Waals surface area (Å²) in [5.74, 6) is -6.33. The van der Waals surface area contributed by atoms with Crippen molar-refractivity contribution in [1.29, 1.82) is 0 Å². The Morgan fingerprint density at radius 3 is 1.67 bits per heavy atom. The van der Waals surface area contributed by atoms with Gasteiger partial charge in [0.1, 0.15) is 0 Å². The normalized spacial score (nSPS) is 17.8. The second kappa shape index (κ2) is 9.34. The van der Waals surface area contributed by atoms with Gasteiger partial charge in [-0.05, 0) is 19.3 Å². The first-order chi connectivity index (χ1) is 10.9. The van der Waals surface area contributed by atoms with E-state index in [0.717, 1.165) is 10.2 Å². The fourth-order valence-electron chi connectivity index (χ4n) is 1.96. The number of rotatable bonds is 11. The van der Waals surface area contributed by atoms with E-state index in [1.807, 2.05) is 0 Å². The van der Waals surface area contributed by atoms with Gasteiger partial charge in [0, 0.05) is 16.5 Å². The number of alkyl halides is 7. The van der Waals surface area contributed by atoms with Crippen LogP contribution in [0.4, 0.5) is 30.7 Å². The van der Waals surface area contributed by atoms with Gasteiger partial charge in [0.25, 0.3) is 0 Å². The third-order valence-electron chi connectivity index (χ3n) is 3.26. The molecule has 3 nitrogen and oxygen atoms in total. The molecule has 0 heterocycles. The monoisotopic (exact) mass is 388 g/mol. The molecule has 0 aromatic heterocycles. The van der Waals surface area contributed by atoms with E-state index in [-0.39, 0.29) is 6.42 Å². The summed E-state index contributed by atoms with van der Waals surface area (Å²) in [7, 11) is 0.718. The first-order valence-corrected chi connectivity index (χ1v) is 9.06. The molecule has 11 heteroatoms. The lowest BCUT2D eigenvalue weighted by molar-refractivity contribution is -0.449. The lowest BCUT2D eigenvalue weighted by Gasteiger charge is -2.33. The van der Waals surface area contributed by atoms with Crippen LogP contribution >= 0.6 is 0 Å². The Morgan fingerprint density at radius 2 is 1.33 bits per heavy atom. The van der Waals surface area contributed by atoms with E-state index in [1.54, 1.807) is 13.8 Å². The molecule has 0 radical (unpaired) electrons. The van der Waals surface area contributed by atoms with Crippen LogP contribution in [0.3, 0.4) is 0 Å². The van der Waals surface area contributed by atoms with E-state index < -0.39 is 36.7 Å². The first kappa shape index (κ1) is 23.6. The smallest absolute Gasteiger partial charge is 0.380 e. The predicted octanol–water partition coefficient (Wildman–Crippen LogP) is 3.44. The SMILES string of the molecule is CCC(OC(CC)C(CC)OC[SiH3])OC(F)(F)C(F)(F)C(F)(F)F. The van der Waals surface area contributed by atoms with Crippen LogP contribution in [0.5, 0.6) is 0 Å². The highest BCUT2D eigenvalue weighted by molar-refractivity contribution is 6.08. The Hall–Kier alpha value is -0.393. The van der Waals surface area contributed by atoms with Gasteiger partial charge in [-0.3, -0.25) is 4.74 Å². The van der Waals surface area contributed by atoms with Crippen LogP contribution in [0.2, 0.25) is 0 Å². The fourth-order valence-corrected chi connectivity index (χ4v) is 2.38. The molecule has 0 aromatic carbocycles. The van der Waals surface area contributed by atoms with Crippen molar-refractivity contribution in [3.63, 3.8) is 0 Å². The minimum atomic E-state index is -6.44. The van der Waals surface area contributed by atoms with E-state index >= 15 is 0 Å². The maximum absolute atomic E-state index is 13.3. The quantitative estimate of drug-likeness (QED) is 0.308. The topological polar surface area (TPSA) is 27.7 Å². The largest absolute Gasteiger partial charge is 0.462 e. The molecule has 3 atom stereocenters. The van der Waals surface area contributed by atoms with E-state index in [2.05, 4.69) is 4.74 Å². The number of halogens is 7. The van der Waals surface area contributed by atoms with Gasteiger partial charge in [-0.1, -0.05) is 20.8 Å². The summed E-state index contributed by atoms with van der Waals surface area (Å²) in [5, 5.41) is 0. The Labute approximate surface area is 139 Å². The lowest BCUT2D eigenvalue weighted by atomic mass is 10.1. The summed E-state index contributed by atoms with van der Waals surface area (Å²) in [4.78, 5) is 0. The van der Waals surface area contributed by atoms with E-state index in [0.29, 0.717) is 19.1 Å². The minimum absolute atomic E-state index is 0.293. The van der Waals surface area contributed by atoms with Gasteiger partial charge in [-0.2, -0.15) is 30.7 Å². The maximum Gasteiger partial charge on any atom is 0.462 e. The molecule has 0 aliphatic rings. The van der Waals surface area contributed by atoms with Crippen molar-refractivity contribution >= 4 is 10.2 Å². The van der Waals surface area contributed by atoms with E-state index in [4.69, 9.17) is 9.47 Å². The molecule has 0 aliphatic carbocycles. The van der Waals surface area contributed by atoms with E-state index in [1.165, 1.54) is 6.92 Å². The molecular formula is C13H23F7O3Si. The molecule has 0 N–H and O–H groups in total. The number of hydrogen-bond acceptors (Lipinski definition) is 3. The van der Waals surface area contributed by atoms with Crippen LogP contribution in [-0.2, 0) is 14.2 Å². The predicted molar refractivity (Wildman–Crippen MR) is 76.2 cm³/mol. The fraction of sp³-hybridized carbons (Fsp3) is 1.00. The minimum Gasteiger partial charge on any atom is -0.380 e. The van der Waals surface area contributed by atoms with Gasteiger partial charge in [0.05, 0.1) is 12.2 Å². The van der Waals surface area contributed by atoms with Crippen LogP contribution in [0, 0.1) is 0 Å². The molecule has 0 amide bonds. The average molecular weight is 388 g/mol. The molecule has 146 valence electrons. The zero-order valence-corrected chi connectivity index (χ0v) is 15.9. The first-order valence-electron chi connectivity index (χ1n) is 7.64. The average Bonchev–Trinajstić information content (AvgIpc) is 2.47. The number of ether oxygens (including phenoxy) is 3. The third-order valence-corrected chi connectivity index (χ3v) is 3.59. The molecule has 0 fully saturated rings. The Bertz CT molecular complexity index is 366. The zero-order valence-electron chi connectivity index (χ0n) is 13.9. The van der Waals surface area contributed by atoms with E-state index in [9.17, 15) is 30.7 Å². The lowest BCUT2D eigenvalue weighted by Crippen LogP contribution is -2.55. The molecule has 0 rings (SSSR count). The molecule has 24 heavy (non-hydrogen) atoms. The maximum atomic E-state index is 13.3. The second-order valence-corrected chi connectivity index (χ2v) is 5.61. The van der Waals surface area contributed by atoms with Crippen LogP contribution in [0.1, 0.15) is 40.0 Å². The van der Waals surface area contributed by atoms with Crippen LogP contribution in [0.15, 0.2) is 0 Å². The van der Waals surface area contributed by atoms with Gasteiger partial charge in [-0.15, -0.1) is 0 Å². The van der Waals surface area contributed by atoms with Gasteiger partial charge in [-0.25, -0.2) is 0 Å². The zero-order chi connectivity index (χ0) is 19.2. The van der Waals surface area contributed by atoms with Gasteiger partial charge >= 0.3 is 18.2 Å². The molecule has 0 saturated heterocycles. The van der Waals surface area contributed by atoms with Crippen molar-refractivity contribution in [2.45, 2.75) is 76.7 Å². The highest BCUT2D eigenvalue weighted by atomic mass is 28.1. The van der Waals surface area contributed by atoms with Crippen LogP contribution < -0.4 is 0 Å². The standard InChI is InChI=1S/C13H23F7O3Si/c1-4-8(21-7-24)9(5-2)22-10(6-3)23-13(19,20)11(14,15)12(16,17)18/h8-10H,4-7H2,1-3,24H3. The van der Waals surface area contributed by atoms with Crippen molar-refractivity contribution < 1.29 is 44.9 Å². The molecule has 3 unspecified atom stereocenters. The summed E-state index contributed by atoms with van der Waals surface area (Å²) in [6.45, 7) is 4.68. The molecular weight excluding hydrogens is 365 g/mol. The Kier molecular flexibility index (Phi) is 9.19. The van der Waals surface area contributed by atoms with Crippen molar-refractivity contribution in [3.05, 3.63) is 0 Å². The van der Waals surface area contributed by atoms with Gasteiger partial charge in [0.15, 0.2) is 6.29 Å². The second-order valence-electron chi connectivity index (χ2n) is 5.03. The highest BCUT2D eigenvalue weighted by Gasteiger charge is 2.75. The van der Waals surface area contributed by atoms with Gasteiger partial charge in [0.2, 0.25) is 0 Å². The summed E-state index contributed by atoms with van der Waals surface area (Å²) >= 11 is 0. The van der Waals surface area contributed by atoms with Crippen molar-refractivity contribution in [2.75, 3.05) is 6.23 Å². The van der Waals surface area contributed by atoms with Crippen molar-refractivity contribution in [2.24, 2.45) is 0 Å². The third kappa shape index (κ3) is 5.85. The summed E-state index contributed by atoms with van der Waals surface area (Å²) in [5.41, 5.74) is 0. The molecule has 0 bridgehead atoms.